The van der Waals surface area contributed by atoms with E-state index in [1.807, 2.05) is 29.9 Å². The first-order valence-electron chi connectivity index (χ1n) is 10.3. The molecule has 4 heterocycles. The van der Waals surface area contributed by atoms with Crippen LogP contribution in [-0.4, -0.2) is 64.7 Å². The zero-order valence-electron chi connectivity index (χ0n) is 17.4. The number of fused-ring (bicyclic) bond motifs is 1. The molecule has 0 aliphatic carbocycles. The van der Waals surface area contributed by atoms with Gasteiger partial charge in [-0.15, -0.1) is 0 Å². The van der Waals surface area contributed by atoms with Gasteiger partial charge in [0.2, 0.25) is 0 Å². The van der Waals surface area contributed by atoms with Gasteiger partial charge in [0.15, 0.2) is 0 Å². The lowest BCUT2D eigenvalue weighted by Crippen LogP contribution is -2.46. The summed E-state index contributed by atoms with van der Waals surface area (Å²) in [7, 11) is 3.51. The highest BCUT2D eigenvalue weighted by Crippen LogP contribution is 2.35. The molecule has 2 aliphatic heterocycles. The number of rotatable bonds is 4. The predicted octanol–water partition coefficient (Wildman–Crippen LogP) is 3.43. The van der Waals surface area contributed by atoms with Crippen LogP contribution in [0.3, 0.4) is 0 Å². The molecule has 0 radical (unpaired) electrons. The number of methoxy groups -OCH3 is 1. The number of amides is 1. The van der Waals surface area contributed by atoms with Gasteiger partial charge in [0.05, 0.1) is 13.7 Å². The fourth-order valence-electron chi connectivity index (χ4n) is 4.59. The summed E-state index contributed by atoms with van der Waals surface area (Å²) in [5, 5.41) is 0. The number of pyridine rings is 1. The average Bonchev–Trinajstić information content (AvgIpc) is 3.33. The minimum Gasteiger partial charge on any atom is -0.496 e. The number of hydrogen-bond acceptors (Lipinski definition) is 5. The van der Waals surface area contributed by atoms with Crippen molar-refractivity contribution in [1.82, 2.24) is 19.2 Å². The Balaban J connectivity index is 1.33. The first kappa shape index (κ1) is 18.9. The summed E-state index contributed by atoms with van der Waals surface area (Å²) in [6, 6.07) is 10.5. The number of hydrogen-bond donors (Lipinski definition) is 0. The van der Waals surface area contributed by atoms with Crippen LogP contribution < -0.4 is 4.74 Å². The molecule has 1 aromatic carbocycles. The van der Waals surface area contributed by atoms with Gasteiger partial charge in [-0.1, -0.05) is 6.07 Å². The molecular weight excluding hydrogens is 380 g/mol. The van der Waals surface area contributed by atoms with Crippen molar-refractivity contribution in [3.63, 3.8) is 0 Å². The summed E-state index contributed by atoms with van der Waals surface area (Å²) < 4.78 is 13.3. The third kappa shape index (κ3) is 3.39. The summed E-state index contributed by atoms with van der Waals surface area (Å²) in [6.07, 6.45) is 7.32. The quantitative estimate of drug-likeness (QED) is 0.664. The number of nitrogens with zero attached hydrogens (tertiary/aromatic N) is 4. The summed E-state index contributed by atoms with van der Waals surface area (Å²) in [4.78, 5) is 20.3. The van der Waals surface area contributed by atoms with Crippen molar-refractivity contribution < 1.29 is 14.3 Å². The Morgan fingerprint density at radius 3 is 2.73 bits per heavy atom. The summed E-state index contributed by atoms with van der Waals surface area (Å²) >= 11 is 0. The molecule has 2 aliphatic rings. The molecule has 1 spiro atoms. The molecule has 1 amide bonds. The Morgan fingerprint density at radius 2 is 2.00 bits per heavy atom. The van der Waals surface area contributed by atoms with Crippen LogP contribution in [0.5, 0.6) is 5.75 Å². The van der Waals surface area contributed by atoms with E-state index in [4.69, 9.17) is 9.47 Å². The van der Waals surface area contributed by atoms with Crippen LogP contribution in [0.15, 0.2) is 48.9 Å². The van der Waals surface area contributed by atoms with E-state index in [2.05, 4.69) is 34.1 Å². The van der Waals surface area contributed by atoms with Crippen molar-refractivity contribution in [1.29, 1.82) is 0 Å². The lowest BCUT2D eigenvalue weighted by molar-refractivity contribution is -0.00119. The first-order valence-corrected chi connectivity index (χ1v) is 10.3. The van der Waals surface area contributed by atoms with Crippen molar-refractivity contribution in [3.8, 4) is 16.9 Å². The molecule has 0 saturated carbocycles. The molecule has 7 heteroatoms. The van der Waals surface area contributed by atoms with E-state index in [9.17, 15) is 4.79 Å². The van der Waals surface area contributed by atoms with E-state index in [0.717, 1.165) is 55.0 Å². The molecule has 0 N–H and O–H groups in total. The molecular formula is C23H26N4O3. The van der Waals surface area contributed by atoms with Crippen molar-refractivity contribution in [2.75, 3.05) is 33.8 Å². The molecule has 0 unspecified atom stereocenters. The molecule has 3 aromatic rings. The number of ether oxygens (including phenoxy) is 2. The zero-order valence-corrected chi connectivity index (χ0v) is 17.4. The van der Waals surface area contributed by atoms with Crippen molar-refractivity contribution in [2.45, 2.75) is 25.0 Å². The normalized spacial score (nSPS) is 18.9. The van der Waals surface area contributed by atoms with Gasteiger partial charge in [0.25, 0.3) is 0 Å². The van der Waals surface area contributed by atoms with Crippen LogP contribution in [0.4, 0.5) is 4.79 Å². The monoisotopic (exact) mass is 406 g/mol. The highest BCUT2D eigenvalue weighted by Gasteiger charge is 2.45. The van der Waals surface area contributed by atoms with Gasteiger partial charge >= 0.3 is 6.09 Å². The number of carbonyl (C=O) groups excluding carboxylic acids is 1. The lowest BCUT2D eigenvalue weighted by atomic mass is 9.91. The van der Waals surface area contributed by atoms with Gasteiger partial charge in [0.1, 0.15) is 17.0 Å². The van der Waals surface area contributed by atoms with Gasteiger partial charge in [-0.2, -0.15) is 0 Å². The number of imidazole rings is 1. The SMILES string of the molecule is COc1ccc(CN2CCC3(CC2)CN(C)C(=O)O3)cc1-c1ccn2ccnc2c1. The fourth-order valence-corrected chi connectivity index (χ4v) is 4.59. The van der Waals surface area contributed by atoms with E-state index in [1.54, 1.807) is 18.2 Å². The van der Waals surface area contributed by atoms with Crippen LogP contribution in [0.1, 0.15) is 18.4 Å². The van der Waals surface area contributed by atoms with Gasteiger partial charge < -0.3 is 18.8 Å². The fraction of sp³-hybridized carbons (Fsp3) is 0.391. The second-order valence-corrected chi connectivity index (χ2v) is 8.33. The molecule has 156 valence electrons. The van der Waals surface area contributed by atoms with Gasteiger partial charge in [0, 0.05) is 63.7 Å². The Hall–Kier alpha value is -3.06. The van der Waals surface area contributed by atoms with Crippen molar-refractivity contribution in [3.05, 3.63) is 54.5 Å². The third-order valence-electron chi connectivity index (χ3n) is 6.29. The topological polar surface area (TPSA) is 59.3 Å². The molecule has 7 nitrogen and oxygen atoms in total. The minimum absolute atomic E-state index is 0.197. The Kier molecular flexibility index (Phi) is 4.62. The Bertz CT molecular complexity index is 1080. The van der Waals surface area contributed by atoms with Crippen LogP contribution in [0, 0.1) is 0 Å². The highest BCUT2D eigenvalue weighted by atomic mass is 16.6. The Labute approximate surface area is 175 Å². The summed E-state index contributed by atoms with van der Waals surface area (Å²) in [6.45, 7) is 3.40. The number of likely N-dealkylation sites (N-methyl/N-ethyl adjacent to an activating group) is 1. The van der Waals surface area contributed by atoms with Gasteiger partial charge in [-0.25, -0.2) is 9.78 Å². The van der Waals surface area contributed by atoms with E-state index >= 15 is 0 Å². The molecule has 30 heavy (non-hydrogen) atoms. The summed E-state index contributed by atoms with van der Waals surface area (Å²) in [5.74, 6) is 0.855. The molecule has 2 aromatic heterocycles. The van der Waals surface area contributed by atoms with E-state index in [-0.39, 0.29) is 11.7 Å². The van der Waals surface area contributed by atoms with E-state index < -0.39 is 0 Å². The second-order valence-electron chi connectivity index (χ2n) is 8.33. The number of likely N-dealkylation sites (tertiary alicyclic amines) is 1. The van der Waals surface area contributed by atoms with Crippen LogP contribution >= 0.6 is 0 Å². The van der Waals surface area contributed by atoms with Crippen molar-refractivity contribution in [2.24, 2.45) is 0 Å². The minimum atomic E-state index is -0.299. The smallest absolute Gasteiger partial charge is 0.410 e. The second kappa shape index (κ2) is 7.32. The number of aromatic nitrogens is 2. The standard InChI is InChI=1S/C23H26N4O3/c1-25-16-23(30-22(25)28)6-10-26(11-7-23)15-17-3-4-20(29-2)19(13-17)18-5-9-27-12-8-24-21(27)14-18/h3-5,8-9,12-14H,6-7,10-11,15-16H2,1-2H3. The van der Waals surface area contributed by atoms with E-state index in [0.29, 0.717) is 6.54 Å². The largest absolute Gasteiger partial charge is 0.496 e. The molecule has 2 fully saturated rings. The van der Waals surface area contributed by atoms with Gasteiger partial charge in [-0.3, -0.25) is 4.90 Å². The van der Waals surface area contributed by atoms with E-state index in [1.165, 1.54) is 5.56 Å². The first-order chi connectivity index (χ1) is 14.5. The maximum atomic E-state index is 11.8. The van der Waals surface area contributed by atoms with Gasteiger partial charge in [-0.05, 0) is 35.4 Å². The Morgan fingerprint density at radius 1 is 1.17 bits per heavy atom. The average molecular weight is 406 g/mol. The van der Waals surface area contributed by atoms with Crippen LogP contribution in [0.25, 0.3) is 16.8 Å². The highest BCUT2D eigenvalue weighted by molar-refractivity contribution is 5.73. The number of benzene rings is 1. The molecule has 2 saturated heterocycles. The number of piperidine rings is 1. The van der Waals surface area contributed by atoms with Crippen LogP contribution in [-0.2, 0) is 11.3 Å². The number of carbonyl (C=O) groups is 1. The van der Waals surface area contributed by atoms with Crippen molar-refractivity contribution >= 4 is 11.7 Å². The predicted molar refractivity (Wildman–Crippen MR) is 114 cm³/mol. The molecule has 0 bridgehead atoms. The molecule has 0 atom stereocenters. The maximum Gasteiger partial charge on any atom is 0.410 e. The molecule has 5 rings (SSSR count). The zero-order chi connectivity index (χ0) is 20.7. The van der Waals surface area contributed by atoms with Crippen LogP contribution in [0.2, 0.25) is 0 Å². The maximum absolute atomic E-state index is 11.8. The lowest BCUT2D eigenvalue weighted by Gasteiger charge is -2.37. The summed E-state index contributed by atoms with van der Waals surface area (Å²) in [5.41, 5.74) is 4.02. The third-order valence-corrected chi connectivity index (χ3v) is 6.29.